The van der Waals surface area contributed by atoms with Gasteiger partial charge in [-0.2, -0.15) is 0 Å². The van der Waals surface area contributed by atoms with Crippen molar-refractivity contribution >= 4 is 50.8 Å². The van der Waals surface area contributed by atoms with Gasteiger partial charge in [-0.1, -0.05) is 41.4 Å². The summed E-state index contributed by atoms with van der Waals surface area (Å²) in [5, 5.41) is 2.82. The fourth-order valence-corrected chi connectivity index (χ4v) is 3.24. The summed E-state index contributed by atoms with van der Waals surface area (Å²) >= 11 is 12.1. The highest BCUT2D eigenvalue weighted by molar-refractivity contribution is 6.38. The Morgan fingerprint density at radius 3 is 2.65 bits per heavy atom. The number of carbonyl (C=O) groups excluding carboxylic acids is 1. The molecule has 5 heteroatoms. The van der Waals surface area contributed by atoms with Gasteiger partial charge < -0.3 is 4.98 Å². The number of hydrogen-bond donors (Lipinski definition) is 1. The monoisotopic (exact) mass is 340 g/mol. The molecule has 1 N–H and O–H groups in total. The number of halogens is 2. The number of benzene rings is 2. The number of nitrogens with one attached hydrogen (secondary N) is 1. The molecule has 4 aromatic rings. The molecule has 23 heavy (non-hydrogen) atoms. The van der Waals surface area contributed by atoms with Crippen molar-refractivity contribution in [3.05, 3.63) is 76.0 Å². The normalized spacial score (nSPS) is 11.2. The number of rotatable bonds is 2. The minimum absolute atomic E-state index is 0.233. The second-order valence-corrected chi connectivity index (χ2v) is 6.05. The van der Waals surface area contributed by atoms with Gasteiger partial charge in [-0.15, -0.1) is 0 Å². The topological polar surface area (TPSA) is 45.8 Å². The lowest BCUT2D eigenvalue weighted by atomic mass is 10.1. The summed E-state index contributed by atoms with van der Waals surface area (Å²) in [4.78, 5) is 20.4. The number of nitrogens with zero attached hydrogens (tertiary/aromatic N) is 1. The maximum atomic E-state index is 12.9. The van der Waals surface area contributed by atoms with E-state index < -0.39 is 0 Å². The van der Waals surface area contributed by atoms with Crippen molar-refractivity contribution in [1.29, 1.82) is 0 Å². The Balaban J connectivity index is 1.96. The lowest BCUT2D eigenvalue weighted by molar-refractivity contribution is 0.103. The Morgan fingerprint density at radius 1 is 1.00 bits per heavy atom. The smallest absolute Gasteiger partial charge is 0.215 e. The maximum Gasteiger partial charge on any atom is 0.215 e. The minimum atomic E-state index is -0.233. The summed E-state index contributed by atoms with van der Waals surface area (Å²) in [5.41, 5.74) is 2.41. The molecule has 0 saturated carbocycles. The van der Waals surface area contributed by atoms with Crippen LogP contribution in [0.3, 0.4) is 0 Å². The number of fused-ring (bicyclic) bond motifs is 3. The number of aromatic nitrogens is 2. The summed E-state index contributed by atoms with van der Waals surface area (Å²) in [6.07, 6.45) is 1.64. The van der Waals surface area contributed by atoms with E-state index in [0.717, 1.165) is 16.3 Å². The van der Waals surface area contributed by atoms with E-state index in [4.69, 9.17) is 23.2 Å². The molecule has 0 unspecified atom stereocenters. The average molecular weight is 341 g/mol. The van der Waals surface area contributed by atoms with Crippen LogP contribution in [0, 0.1) is 0 Å². The molecule has 0 fully saturated rings. The van der Waals surface area contributed by atoms with Crippen molar-refractivity contribution < 1.29 is 4.79 Å². The van der Waals surface area contributed by atoms with E-state index >= 15 is 0 Å². The van der Waals surface area contributed by atoms with Gasteiger partial charge in [-0.3, -0.25) is 9.78 Å². The van der Waals surface area contributed by atoms with Crippen LogP contribution in [0.15, 0.2) is 54.7 Å². The zero-order valence-corrected chi connectivity index (χ0v) is 13.3. The van der Waals surface area contributed by atoms with Crippen LogP contribution in [0.4, 0.5) is 0 Å². The zero-order valence-electron chi connectivity index (χ0n) is 11.8. The standard InChI is InChI=1S/C18H10Cl2N2O/c19-10-5-6-13(14(20)9-10)18(23)17-16-12(7-8-21-17)11-3-1-2-4-15(11)22-16/h1-9,22H. The van der Waals surface area contributed by atoms with Crippen molar-refractivity contribution in [3.63, 3.8) is 0 Å². The van der Waals surface area contributed by atoms with Gasteiger partial charge in [-0.05, 0) is 30.3 Å². The number of pyridine rings is 1. The van der Waals surface area contributed by atoms with Crippen LogP contribution in [0.1, 0.15) is 16.1 Å². The molecule has 4 rings (SSSR count). The number of H-pyrrole nitrogens is 1. The predicted octanol–water partition coefficient (Wildman–Crippen LogP) is 5.25. The summed E-state index contributed by atoms with van der Waals surface area (Å²) in [7, 11) is 0. The number of para-hydroxylation sites is 1. The van der Waals surface area contributed by atoms with Gasteiger partial charge in [0.25, 0.3) is 0 Å². The highest BCUT2D eigenvalue weighted by Crippen LogP contribution is 2.29. The van der Waals surface area contributed by atoms with Crippen LogP contribution in [0.5, 0.6) is 0 Å². The van der Waals surface area contributed by atoms with Gasteiger partial charge in [0.2, 0.25) is 5.78 Å². The molecule has 0 spiro atoms. The third kappa shape index (κ3) is 2.29. The molecule has 3 nitrogen and oxygen atoms in total. The van der Waals surface area contributed by atoms with E-state index in [1.165, 1.54) is 0 Å². The molecule has 0 atom stereocenters. The van der Waals surface area contributed by atoms with Gasteiger partial charge in [0.1, 0.15) is 5.69 Å². The van der Waals surface area contributed by atoms with Gasteiger partial charge >= 0.3 is 0 Å². The summed E-state index contributed by atoms with van der Waals surface area (Å²) in [6, 6.07) is 14.6. The number of hydrogen-bond acceptors (Lipinski definition) is 2. The van der Waals surface area contributed by atoms with E-state index in [1.807, 2.05) is 30.3 Å². The summed E-state index contributed by atoms with van der Waals surface area (Å²) < 4.78 is 0. The van der Waals surface area contributed by atoms with E-state index in [-0.39, 0.29) is 5.78 Å². The molecule has 2 heterocycles. The summed E-state index contributed by atoms with van der Waals surface area (Å²) in [5.74, 6) is -0.233. The van der Waals surface area contributed by atoms with Crippen LogP contribution >= 0.6 is 23.2 Å². The number of ketones is 1. The minimum Gasteiger partial charge on any atom is -0.353 e. The molecule has 0 aliphatic rings. The first-order valence-corrected chi connectivity index (χ1v) is 7.76. The highest BCUT2D eigenvalue weighted by atomic mass is 35.5. The Hall–Kier alpha value is -2.36. The first-order valence-electron chi connectivity index (χ1n) is 7.00. The lowest BCUT2D eigenvalue weighted by Crippen LogP contribution is -2.05. The van der Waals surface area contributed by atoms with Crippen LogP contribution in [-0.4, -0.2) is 15.8 Å². The van der Waals surface area contributed by atoms with Gasteiger partial charge in [0, 0.05) is 33.1 Å². The first-order chi connectivity index (χ1) is 11.1. The van der Waals surface area contributed by atoms with Crippen molar-refractivity contribution in [2.24, 2.45) is 0 Å². The van der Waals surface area contributed by atoms with Gasteiger partial charge in [0.05, 0.1) is 10.5 Å². The predicted molar refractivity (Wildman–Crippen MR) is 93.5 cm³/mol. The third-order valence-electron chi connectivity index (χ3n) is 3.82. The van der Waals surface area contributed by atoms with E-state index in [2.05, 4.69) is 9.97 Å². The highest BCUT2D eigenvalue weighted by Gasteiger charge is 2.19. The number of aromatic amines is 1. The quantitative estimate of drug-likeness (QED) is 0.506. The van der Waals surface area contributed by atoms with E-state index in [9.17, 15) is 4.79 Å². The molecule has 0 radical (unpaired) electrons. The second-order valence-electron chi connectivity index (χ2n) is 5.21. The van der Waals surface area contributed by atoms with Crippen LogP contribution in [0.25, 0.3) is 21.8 Å². The van der Waals surface area contributed by atoms with Crippen LogP contribution in [0.2, 0.25) is 10.0 Å². The zero-order chi connectivity index (χ0) is 16.0. The van der Waals surface area contributed by atoms with Crippen molar-refractivity contribution in [3.8, 4) is 0 Å². The molecule has 0 amide bonds. The SMILES string of the molecule is O=C(c1ccc(Cl)cc1Cl)c1nccc2c1[nH]c1ccccc12. The average Bonchev–Trinajstić information content (AvgIpc) is 2.93. The van der Waals surface area contributed by atoms with Crippen molar-refractivity contribution in [1.82, 2.24) is 9.97 Å². The Labute approximate surface area is 141 Å². The van der Waals surface area contributed by atoms with E-state index in [0.29, 0.717) is 26.8 Å². The lowest BCUT2D eigenvalue weighted by Gasteiger charge is -2.04. The Morgan fingerprint density at radius 2 is 1.83 bits per heavy atom. The summed E-state index contributed by atoms with van der Waals surface area (Å²) in [6.45, 7) is 0. The fourth-order valence-electron chi connectivity index (χ4n) is 2.75. The molecule has 0 bridgehead atoms. The van der Waals surface area contributed by atoms with Crippen molar-refractivity contribution in [2.75, 3.05) is 0 Å². The molecule has 0 aliphatic carbocycles. The van der Waals surface area contributed by atoms with Crippen LogP contribution < -0.4 is 0 Å². The molecule has 2 aromatic heterocycles. The second kappa shape index (κ2) is 5.37. The largest absolute Gasteiger partial charge is 0.353 e. The molecule has 0 saturated heterocycles. The molecule has 2 aromatic carbocycles. The number of carbonyl (C=O) groups is 1. The van der Waals surface area contributed by atoms with E-state index in [1.54, 1.807) is 24.4 Å². The van der Waals surface area contributed by atoms with Gasteiger partial charge in [-0.25, -0.2) is 0 Å². The maximum absolute atomic E-state index is 12.9. The molecular weight excluding hydrogens is 331 g/mol. The van der Waals surface area contributed by atoms with Crippen LogP contribution in [-0.2, 0) is 0 Å². The van der Waals surface area contributed by atoms with Crippen molar-refractivity contribution in [2.45, 2.75) is 0 Å². The molecule has 112 valence electrons. The first kappa shape index (κ1) is 14.2. The fraction of sp³-hybridized carbons (Fsp3) is 0. The molecular formula is C18H10Cl2N2O. The Kier molecular flexibility index (Phi) is 3.33. The van der Waals surface area contributed by atoms with Gasteiger partial charge in [0.15, 0.2) is 0 Å². The third-order valence-corrected chi connectivity index (χ3v) is 4.37. The molecule has 0 aliphatic heterocycles. The Bertz CT molecular complexity index is 1070.